The molecule has 0 spiro atoms. The molecule has 0 aliphatic rings. The molecule has 10 aromatic rings. The average Bonchev–Trinajstić information content (AvgIpc) is 3.82. The van der Waals surface area contributed by atoms with Gasteiger partial charge in [-0.05, 0) is 48.4 Å². The van der Waals surface area contributed by atoms with Gasteiger partial charge < -0.3 is 8.98 Å². The van der Waals surface area contributed by atoms with Crippen LogP contribution < -0.4 is 10.6 Å². The molecule has 6 nitrogen and oxygen atoms in total. The van der Waals surface area contributed by atoms with Crippen molar-refractivity contribution < 1.29 is 4.42 Å². The van der Waals surface area contributed by atoms with Crippen LogP contribution in [0.4, 0.5) is 0 Å². The van der Waals surface area contributed by atoms with Crippen molar-refractivity contribution >= 4 is 45.6 Å². The number of allylic oxidation sites excluding steroid dienone is 2. The fourth-order valence-corrected chi connectivity index (χ4v) is 7.60. The van der Waals surface area contributed by atoms with Gasteiger partial charge in [-0.1, -0.05) is 158 Å². The number of nitrogens with zero attached hydrogens (tertiary/aromatic N) is 5. The third-order valence-electron chi connectivity index (χ3n) is 10.3. The summed E-state index contributed by atoms with van der Waals surface area (Å²) in [5.74, 6) is 1.89. The maximum Gasteiger partial charge on any atom is 0.164 e. The van der Waals surface area contributed by atoms with E-state index >= 15 is 0 Å². The molecule has 0 amide bonds. The maximum atomic E-state index is 6.90. The Labute approximate surface area is 329 Å². The van der Waals surface area contributed by atoms with E-state index in [2.05, 4.69) is 96.1 Å². The number of pyridine rings is 1. The SMILES string of the molecule is C=c1nc(-c2ccccc2)c2c(oc3c4ccccc4n(-c4cccc(-c5ccc(-c6nc(-c7ccccc7)nc(-c7ccccc7)n6)cc5)c4)c32)/c1=C/C=C\C. The van der Waals surface area contributed by atoms with Gasteiger partial charge in [0.15, 0.2) is 23.1 Å². The van der Waals surface area contributed by atoms with E-state index in [0.29, 0.717) is 22.8 Å². The number of aromatic nitrogens is 5. The predicted octanol–water partition coefficient (Wildman–Crippen LogP) is 11.2. The molecule has 0 atom stereocenters. The topological polar surface area (TPSA) is 69.6 Å². The second-order valence-electron chi connectivity index (χ2n) is 13.9. The Hall–Kier alpha value is -7.70. The molecule has 0 fully saturated rings. The zero-order chi connectivity index (χ0) is 38.3. The summed E-state index contributed by atoms with van der Waals surface area (Å²) in [5, 5.41) is 3.52. The van der Waals surface area contributed by atoms with E-state index in [0.717, 1.165) is 83.0 Å². The molecule has 0 bridgehead atoms. The van der Waals surface area contributed by atoms with E-state index in [1.54, 1.807) is 0 Å². The Balaban J connectivity index is 1.13. The first-order chi connectivity index (χ1) is 28.1. The van der Waals surface area contributed by atoms with Crippen molar-refractivity contribution in [2.45, 2.75) is 6.92 Å². The van der Waals surface area contributed by atoms with Gasteiger partial charge >= 0.3 is 0 Å². The van der Waals surface area contributed by atoms with Crippen LogP contribution in [-0.4, -0.2) is 24.5 Å². The highest BCUT2D eigenvalue weighted by Gasteiger charge is 2.24. The van der Waals surface area contributed by atoms with Gasteiger partial charge in [0.1, 0.15) is 11.1 Å². The maximum absolute atomic E-state index is 6.90. The van der Waals surface area contributed by atoms with Crippen molar-refractivity contribution in [1.29, 1.82) is 0 Å². The third-order valence-corrected chi connectivity index (χ3v) is 10.3. The number of rotatable bonds is 7. The van der Waals surface area contributed by atoms with Gasteiger partial charge in [-0.25, -0.2) is 19.9 Å². The lowest BCUT2D eigenvalue weighted by Crippen LogP contribution is -2.27. The molecule has 10 rings (SSSR count). The second-order valence-corrected chi connectivity index (χ2v) is 13.9. The first kappa shape index (κ1) is 33.8. The van der Waals surface area contributed by atoms with E-state index in [-0.39, 0.29) is 0 Å². The molecule has 0 saturated carbocycles. The number of hydrogen-bond acceptors (Lipinski definition) is 5. The van der Waals surface area contributed by atoms with Crippen LogP contribution in [0.5, 0.6) is 0 Å². The highest BCUT2D eigenvalue weighted by molar-refractivity contribution is 6.19. The van der Waals surface area contributed by atoms with Gasteiger partial charge in [0.25, 0.3) is 0 Å². The minimum atomic E-state index is 0.621. The summed E-state index contributed by atoms with van der Waals surface area (Å²) in [4.78, 5) is 19.9. The van der Waals surface area contributed by atoms with Gasteiger partial charge in [-0.15, -0.1) is 0 Å². The first-order valence-corrected chi connectivity index (χ1v) is 19.0. The second kappa shape index (κ2) is 14.2. The minimum Gasteiger partial charge on any atom is -0.453 e. The summed E-state index contributed by atoms with van der Waals surface area (Å²) in [6.45, 7) is 6.36. The molecule has 270 valence electrons. The summed E-state index contributed by atoms with van der Waals surface area (Å²) in [5.41, 5.74) is 11.4. The van der Waals surface area contributed by atoms with E-state index in [1.807, 2.05) is 104 Å². The highest BCUT2D eigenvalue weighted by Crippen LogP contribution is 2.41. The van der Waals surface area contributed by atoms with Gasteiger partial charge in [0.2, 0.25) is 0 Å². The largest absolute Gasteiger partial charge is 0.453 e. The van der Waals surface area contributed by atoms with Crippen LogP contribution in [0.1, 0.15) is 6.92 Å². The van der Waals surface area contributed by atoms with Crippen LogP contribution in [0.3, 0.4) is 0 Å². The number of furan rings is 1. The molecule has 6 aromatic carbocycles. The van der Waals surface area contributed by atoms with Crippen molar-refractivity contribution in [3.05, 3.63) is 187 Å². The van der Waals surface area contributed by atoms with Gasteiger partial charge in [0, 0.05) is 38.5 Å². The molecule has 6 heteroatoms. The van der Waals surface area contributed by atoms with E-state index < -0.39 is 0 Å². The monoisotopic (exact) mass is 733 g/mol. The Morgan fingerprint density at radius 2 is 1.07 bits per heavy atom. The molecule has 0 aliphatic carbocycles. The van der Waals surface area contributed by atoms with Gasteiger partial charge in [-0.2, -0.15) is 0 Å². The summed E-state index contributed by atoms with van der Waals surface area (Å²) in [7, 11) is 0. The molecule has 0 unspecified atom stereocenters. The normalized spacial score (nSPS) is 12.1. The molecule has 0 aliphatic heterocycles. The Morgan fingerprint density at radius 3 is 1.70 bits per heavy atom. The molecule has 0 N–H and O–H groups in total. The van der Waals surface area contributed by atoms with Crippen LogP contribution in [0.15, 0.2) is 180 Å². The van der Waals surface area contributed by atoms with Crippen molar-refractivity contribution in [3.8, 4) is 62.2 Å². The lowest BCUT2D eigenvalue weighted by Gasteiger charge is -2.12. The van der Waals surface area contributed by atoms with E-state index in [1.165, 1.54) is 0 Å². The fraction of sp³-hybridized carbons (Fsp3) is 0.0196. The molecule has 4 aromatic heterocycles. The van der Waals surface area contributed by atoms with Crippen molar-refractivity contribution in [1.82, 2.24) is 24.5 Å². The number of para-hydroxylation sites is 1. The van der Waals surface area contributed by atoms with Crippen molar-refractivity contribution in [2.24, 2.45) is 0 Å². The van der Waals surface area contributed by atoms with Crippen LogP contribution in [0.25, 0.3) is 108 Å². The summed E-state index contributed by atoms with van der Waals surface area (Å²) < 4.78 is 9.21. The minimum absolute atomic E-state index is 0.621. The van der Waals surface area contributed by atoms with E-state index in [9.17, 15) is 0 Å². The Morgan fingerprint density at radius 1 is 0.526 bits per heavy atom. The average molecular weight is 734 g/mol. The number of fused-ring (bicyclic) bond motifs is 5. The zero-order valence-corrected chi connectivity index (χ0v) is 31.2. The molecular formula is C51H35N5O. The van der Waals surface area contributed by atoms with Gasteiger partial charge in [-0.3, -0.25) is 0 Å². The summed E-state index contributed by atoms with van der Waals surface area (Å²) in [6.07, 6.45) is 6.04. The molecular weight excluding hydrogens is 699 g/mol. The van der Waals surface area contributed by atoms with Crippen molar-refractivity contribution in [2.75, 3.05) is 0 Å². The van der Waals surface area contributed by atoms with E-state index in [4.69, 9.17) is 24.4 Å². The standard InChI is InChI=1S/C51H35N5O/c1-3-4-25-41-33(2)52-45(35-17-8-5-9-18-35)44-46-48(57-47(41)44)42-26-14-15-27-43(42)56(46)40-24-16-23-39(32-40)34-28-30-38(31-29-34)51-54-49(36-19-10-6-11-20-36)53-50(55-51)37-21-12-7-13-22-37/h3-32H,2H2,1H3/b4-3-,41-25+. The first-order valence-electron chi connectivity index (χ1n) is 19.0. The Kier molecular flexibility index (Phi) is 8.42. The highest BCUT2D eigenvalue weighted by atomic mass is 16.3. The lowest BCUT2D eigenvalue weighted by atomic mass is 10.0. The quantitative estimate of drug-likeness (QED) is 0.163. The van der Waals surface area contributed by atoms with Gasteiger partial charge in [0.05, 0.1) is 21.9 Å². The lowest BCUT2D eigenvalue weighted by molar-refractivity contribution is 0.668. The zero-order valence-electron chi connectivity index (χ0n) is 31.2. The molecule has 0 saturated heterocycles. The Bertz CT molecular complexity index is 3180. The molecule has 57 heavy (non-hydrogen) atoms. The van der Waals surface area contributed by atoms with Crippen LogP contribution in [0.2, 0.25) is 0 Å². The molecule has 0 radical (unpaired) electrons. The predicted molar refractivity (Wildman–Crippen MR) is 233 cm³/mol. The number of hydrogen-bond donors (Lipinski definition) is 0. The molecule has 4 heterocycles. The smallest absolute Gasteiger partial charge is 0.164 e. The van der Waals surface area contributed by atoms with Crippen LogP contribution >= 0.6 is 0 Å². The van der Waals surface area contributed by atoms with Crippen LogP contribution in [-0.2, 0) is 0 Å². The number of benzene rings is 6. The van der Waals surface area contributed by atoms with Crippen molar-refractivity contribution in [3.63, 3.8) is 0 Å². The fourth-order valence-electron chi connectivity index (χ4n) is 7.60. The summed E-state index contributed by atoms with van der Waals surface area (Å²) >= 11 is 0. The third kappa shape index (κ3) is 6.01. The summed E-state index contributed by atoms with van der Waals surface area (Å²) in [6, 6.07) is 55.9. The van der Waals surface area contributed by atoms with Crippen LogP contribution in [0, 0.1) is 0 Å².